The smallest absolute Gasteiger partial charge is 0.319 e. The van der Waals surface area contributed by atoms with E-state index in [-0.39, 0.29) is 23.1 Å². The molecule has 1 aromatic heterocycles. The Kier molecular flexibility index (Phi) is 9.78. The van der Waals surface area contributed by atoms with E-state index < -0.39 is 11.9 Å². The van der Waals surface area contributed by atoms with E-state index in [1.165, 1.54) is 12.8 Å². The van der Waals surface area contributed by atoms with Gasteiger partial charge in [-0.15, -0.1) is 0 Å². The summed E-state index contributed by atoms with van der Waals surface area (Å²) in [6.45, 7) is 2.92. The molecule has 0 saturated carbocycles. The lowest BCUT2D eigenvalue weighted by Crippen LogP contribution is -2.30. The summed E-state index contributed by atoms with van der Waals surface area (Å²) in [6.07, 6.45) is 5.91. The largest absolute Gasteiger partial charge is 0.476 e. The first kappa shape index (κ1) is 20.2. The molecule has 3 amide bonds. The zero-order valence-corrected chi connectivity index (χ0v) is 14.8. The first-order valence-corrected chi connectivity index (χ1v) is 8.95. The molecule has 0 spiro atoms. The van der Waals surface area contributed by atoms with E-state index in [0.717, 1.165) is 30.8 Å². The number of unbranched alkanes of at least 4 members (excludes halogenated alkanes) is 4. The molecule has 0 fully saturated rings. The lowest BCUT2D eigenvalue weighted by molar-refractivity contribution is 0.0997. The van der Waals surface area contributed by atoms with Crippen LogP contribution >= 0.6 is 11.5 Å². The summed E-state index contributed by atoms with van der Waals surface area (Å²) in [4.78, 5) is 23.3. The fourth-order valence-corrected chi connectivity index (χ4v) is 2.72. The maximum absolute atomic E-state index is 11.7. The van der Waals surface area contributed by atoms with Gasteiger partial charge in [-0.2, -0.15) is 4.37 Å². The number of rotatable bonds is 12. The highest BCUT2D eigenvalue weighted by atomic mass is 32.1. The summed E-state index contributed by atoms with van der Waals surface area (Å²) in [5, 5.41) is 14.0. The van der Waals surface area contributed by atoms with Crippen molar-refractivity contribution in [2.24, 2.45) is 5.73 Å². The normalized spacial score (nSPS) is 10.4. The van der Waals surface area contributed by atoms with Crippen molar-refractivity contribution < 1.29 is 19.4 Å². The van der Waals surface area contributed by atoms with Crippen molar-refractivity contribution in [3.63, 3.8) is 0 Å². The van der Waals surface area contributed by atoms with Crippen molar-refractivity contribution in [1.29, 1.82) is 0 Å². The van der Waals surface area contributed by atoms with E-state index in [0.29, 0.717) is 19.6 Å². The predicted molar refractivity (Wildman–Crippen MR) is 93.6 cm³/mol. The van der Waals surface area contributed by atoms with Gasteiger partial charge in [0.1, 0.15) is 10.6 Å². The molecule has 1 rings (SSSR count). The molecule has 136 valence electrons. The second-order valence-electron chi connectivity index (χ2n) is 5.28. The van der Waals surface area contributed by atoms with Crippen LogP contribution in [0.1, 0.15) is 55.8 Å². The SMILES string of the molecule is CCCCCCCOc1nsc(NC(=O)NCCCO)c1C(N)=O. The van der Waals surface area contributed by atoms with Crippen LogP contribution in [0.25, 0.3) is 0 Å². The van der Waals surface area contributed by atoms with Crippen LogP contribution in [0.2, 0.25) is 0 Å². The van der Waals surface area contributed by atoms with Crippen molar-refractivity contribution in [3.8, 4) is 5.88 Å². The number of carbonyl (C=O) groups excluding carboxylic acids is 2. The molecule has 24 heavy (non-hydrogen) atoms. The van der Waals surface area contributed by atoms with Crippen molar-refractivity contribution in [2.75, 3.05) is 25.1 Å². The third-order valence-electron chi connectivity index (χ3n) is 3.24. The second-order valence-corrected chi connectivity index (χ2v) is 6.05. The quantitative estimate of drug-likeness (QED) is 0.426. The Hall–Kier alpha value is -1.87. The van der Waals surface area contributed by atoms with Crippen LogP contribution in [0.3, 0.4) is 0 Å². The Morgan fingerprint density at radius 3 is 2.67 bits per heavy atom. The fraction of sp³-hybridized carbons (Fsp3) is 0.667. The summed E-state index contributed by atoms with van der Waals surface area (Å²) in [5.41, 5.74) is 5.46. The van der Waals surface area contributed by atoms with Gasteiger partial charge in [0.2, 0.25) is 5.88 Å². The van der Waals surface area contributed by atoms with Gasteiger partial charge in [-0.3, -0.25) is 10.1 Å². The first-order chi connectivity index (χ1) is 11.6. The van der Waals surface area contributed by atoms with Crippen LogP contribution in [0.4, 0.5) is 9.80 Å². The molecule has 0 atom stereocenters. The number of anilines is 1. The Morgan fingerprint density at radius 1 is 1.25 bits per heavy atom. The van der Waals surface area contributed by atoms with Crippen LogP contribution in [-0.2, 0) is 0 Å². The van der Waals surface area contributed by atoms with E-state index in [1.807, 2.05) is 0 Å². The van der Waals surface area contributed by atoms with E-state index in [1.54, 1.807) is 0 Å². The Balaban J connectivity index is 2.54. The monoisotopic (exact) mass is 358 g/mol. The molecule has 0 saturated heterocycles. The molecule has 1 heterocycles. The number of aliphatic hydroxyl groups is 1. The van der Waals surface area contributed by atoms with Crippen molar-refractivity contribution in [2.45, 2.75) is 45.4 Å². The van der Waals surface area contributed by atoms with E-state index in [4.69, 9.17) is 15.6 Å². The first-order valence-electron chi connectivity index (χ1n) is 8.18. The summed E-state index contributed by atoms with van der Waals surface area (Å²) in [5.74, 6) is -0.538. The minimum absolute atomic E-state index is 0.0103. The summed E-state index contributed by atoms with van der Waals surface area (Å²) < 4.78 is 9.59. The van der Waals surface area contributed by atoms with E-state index in [2.05, 4.69) is 21.9 Å². The number of aliphatic hydroxyl groups excluding tert-OH is 1. The average Bonchev–Trinajstić information content (AvgIpc) is 2.93. The lowest BCUT2D eigenvalue weighted by Gasteiger charge is -2.07. The number of primary amides is 1. The van der Waals surface area contributed by atoms with Gasteiger partial charge in [0.15, 0.2) is 0 Å². The molecule has 0 bridgehead atoms. The van der Waals surface area contributed by atoms with Gasteiger partial charge < -0.3 is 20.9 Å². The second kappa shape index (κ2) is 11.6. The highest BCUT2D eigenvalue weighted by Gasteiger charge is 2.21. The summed E-state index contributed by atoms with van der Waals surface area (Å²) in [6, 6.07) is -0.485. The summed E-state index contributed by atoms with van der Waals surface area (Å²) in [7, 11) is 0. The number of nitrogens with zero attached hydrogens (tertiary/aromatic N) is 1. The van der Waals surface area contributed by atoms with Gasteiger partial charge in [-0.25, -0.2) is 4.79 Å². The van der Waals surface area contributed by atoms with Crippen LogP contribution in [0, 0.1) is 0 Å². The van der Waals surface area contributed by atoms with Gasteiger partial charge in [0.25, 0.3) is 5.91 Å². The maximum Gasteiger partial charge on any atom is 0.319 e. The number of nitrogens with one attached hydrogen (secondary N) is 2. The number of aromatic nitrogens is 1. The topological polar surface area (TPSA) is 127 Å². The maximum atomic E-state index is 11.7. The van der Waals surface area contributed by atoms with Gasteiger partial charge in [0.05, 0.1) is 6.61 Å². The zero-order valence-electron chi connectivity index (χ0n) is 14.0. The van der Waals surface area contributed by atoms with Crippen molar-refractivity contribution >= 4 is 28.5 Å². The molecule has 0 aromatic carbocycles. The molecule has 1 aromatic rings. The third kappa shape index (κ3) is 7.14. The molecule has 0 aliphatic heterocycles. The van der Waals surface area contributed by atoms with Crippen molar-refractivity contribution in [3.05, 3.63) is 5.56 Å². The number of hydrogen-bond acceptors (Lipinski definition) is 6. The van der Waals surface area contributed by atoms with Gasteiger partial charge in [-0.05, 0) is 24.4 Å². The molecule has 0 aliphatic rings. The van der Waals surface area contributed by atoms with Gasteiger partial charge in [0, 0.05) is 13.2 Å². The Labute approximate surface area is 145 Å². The number of urea groups is 1. The molecule has 5 N–H and O–H groups in total. The molecular weight excluding hydrogens is 332 g/mol. The molecule has 0 aliphatic carbocycles. The van der Waals surface area contributed by atoms with Gasteiger partial charge in [-0.1, -0.05) is 32.6 Å². The fourth-order valence-electron chi connectivity index (χ4n) is 1.98. The number of ether oxygens (including phenoxy) is 1. The third-order valence-corrected chi connectivity index (χ3v) is 3.99. The van der Waals surface area contributed by atoms with E-state index >= 15 is 0 Å². The average molecular weight is 358 g/mol. The predicted octanol–water partition coefficient (Wildman–Crippen LogP) is 2.10. The van der Waals surface area contributed by atoms with Crippen LogP contribution < -0.4 is 21.1 Å². The number of amides is 3. The molecule has 9 heteroatoms. The Morgan fingerprint density at radius 2 is 2.00 bits per heavy atom. The minimum Gasteiger partial charge on any atom is -0.476 e. The standard InChI is InChI=1S/C15H26N4O4S/c1-2-3-4-5-6-10-23-13-11(12(16)21)14(24-19-13)18-15(22)17-8-7-9-20/h20H,2-10H2,1H3,(H2,16,21)(H2,17,18,22). The number of nitrogens with two attached hydrogens (primary N) is 1. The lowest BCUT2D eigenvalue weighted by atomic mass is 10.2. The zero-order chi connectivity index (χ0) is 17.8. The van der Waals surface area contributed by atoms with E-state index in [9.17, 15) is 9.59 Å². The Bertz CT molecular complexity index is 522. The van der Waals surface area contributed by atoms with Crippen LogP contribution in [0.5, 0.6) is 5.88 Å². The van der Waals surface area contributed by atoms with Gasteiger partial charge >= 0.3 is 6.03 Å². The van der Waals surface area contributed by atoms with Crippen LogP contribution in [-0.4, -0.2) is 41.2 Å². The highest BCUT2D eigenvalue weighted by Crippen LogP contribution is 2.30. The molecule has 0 radical (unpaired) electrons. The molecule has 0 unspecified atom stereocenters. The molecular formula is C15H26N4O4S. The highest BCUT2D eigenvalue weighted by molar-refractivity contribution is 7.11. The number of hydrogen-bond donors (Lipinski definition) is 4. The minimum atomic E-state index is -0.699. The summed E-state index contributed by atoms with van der Waals surface area (Å²) >= 11 is 0.947. The molecule has 8 nitrogen and oxygen atoms in total. The number of carbonyl (C=O) groups is 2. The van der Waals surface area contributed by atoms with Crippen LogP contribution in [0.15, 0.2) is 0 Å². The van der Waals surface area contributed by atoms with Crippen molar-refractivity contribution in [1.82, 2.24) is 9.69 Å².